The van der Waals surface area contributed by atoms with E-state index in [-0.39, 0.29) is 5.91 Å². The Morgan fingerprint density at radius 1 is 1.17 bits per heavy atom. The first-order valence-electron chi connectivity index (χ1n) is 5.87. The van der Waals surface area contributed by atoms with Gasteiger partial charge in [-0.15, -0.1) is 0 Å². The molecular formula is C14H19NO3. The van der Waals surface area contributed by atoms with Gasteiger partial charge in [-0.2, -0.15) is 0 Å². The Morgan fingerprint density at radius 2 is 1.67 bits per heavy atom. The fourth-order valence-corrected chi connectivity index (χ4v) is 1.59. The maximum atomic E-state index is 11.0. The molecule has 1 amide bonds. The minimum Gasteiger partial charge on any atom is -0.481 e. The lowest BCUT2D eigenvalue weighted by Gasteiger charge is -2.19. The van der Waals surface area contributed by atoms with Gasteiger partial charge >= 0.3 is 5.97 Å². The summed E-state index contributed by atoms with van der Waals surface area (Å²) in [6, 6.07) is 7.62. The van der Waals surface area contributed by atoms with E-state index in [1.165, 1.54) is 6.92 Å². The van der Waals surface area contributed by atoms with E-state index in [0.29, 0.717) is 13.0 Å². The SMILES string of the molecule is CC(=O)NCc1ccc(CC(C)(C)C(=O)O)cc1. The molecular weight excluding hydrogens is 230 g/mol. The molecule has 0 aliphatic heterocycles. The highest BCUT2D eigenvalue weighted by atomic mass is 16.4. The lowest BCUT2D eigenvalue weighted by molar-refractivity contribution is -0.146. The quantitative estimate of drug-likeness (QED) is 0.838. The summed E-state index contributed by atoms with van der Waals surface area (Å²) in [4.78, 5) is 21.8. The highest BCUT2D eigenvalue weighted by molar-refractivity contribution is 5.74. The number of hydrogen-bond acceptors (Lipinski definition) is 2. The molecule has 98 valence electrons. The third-order valence-electron chi connectivity index (χ3n) is 2.79. The van der Waals surface area contributed by atoms with Crippen LogP contribution in [0.3, 0.4) is 0 Å². The number of benzene rings is 1. The van der Waals surface area contributed by atoms with Crippen LogP contribution in [0.15, 0.2) is 24.3 Å². The smallest absolute Gasteiger partial charge is 0.309 e. The van der Waals surface area contributed by atoms with E-state index < -0.39 is 11.4 Å². The van der Waals surface area contributed by atoms with Crippen molar-refractivity contribution in [2.75, 3.05) is 0 Å². The van der Waals surface area contributed by atoms with Gasteiger partial charge in [0.2, 0.25) is 5.91 Å². The standard InChI is InChI=1S/C14H19NO3/c1-10(16)15-9-12-6-4-11(5-7-12)8-14(2,3)13(17)18/h4-7H,8-9H2,1-3H3,(H,15,16)(H,17,18). The maximum Gasteiger partial charge on any atom is 0.309 e. The van der Waals surface area contributed by atoms with Gasteiger partial charge in [0.25, 0.3) is 0 Å². The van der Waals surface area contributed by atoms with Crippen LogP contribution in [-0.2, 0) is 22.6 Å². The average Bonchev–Trinajstić information content (AvgIpc) is 2.27. The highest BCUT2D eigenvalue weighted by Crippen LogP contribution is 2.22. The summed E-state index contributed by atoms with van der Waals surface area (Å²) in [5.74, 6) is -0.865. The molecule has 1 aromatic rings. The number of carbonyl (C=O) groups excluding carboxylic acids is 1. The van der Waals surface area contributed by atoms with E-state index in [2.05, 4.69) is 5.32 Å². The van der Waals surface area contributed by atoms with Gasteiger partial charge in [0.05, 0.1) is 5.41 Å². The largest absolute Gasteiger partial charge is 0.481 e. The molecule has 18 heavy (non-hydrogen) atoms. The lowest BCUT2D eigenvalue weighted by atomic mass is 9.86. The van der Waals surface area contributed by atoms with Crippen molar-refractivity contribution in [3.63, 3.8) is 0 Å². The van der Waals surface area contributed by atoms with E-state index in [9.17, 15) is 9.59 Å². The fraction of sp³-hybridized carbons (Fsp3) is 0.429. The van der Waals surface area contributed by atoms with E-state index in [1.54, 1.807) is 13.8 Å². The van der Waals surface area contributed by atoms with Crippen LogP contribution in [0.25, 0.3) is 0 Å². The normalized spacial score (nSPS) is 11.1. The molecule has 0 aromatic heterocycles. The Labute approximate surface area is 107 Å². The zero-order valence-corrected chi connectivity index (χ0v) is 11.0. The van der Waals surface area contributed by atoms with Crippen LogP contribution in [0.2, 0.25) is 0 Å². The summed E-state index contributed by atoms with van der Waals surface area (Å²) in [6.07, 6.45) is 0.489. The minimum absolute atomic E-state index is 0.0638. The van der Waals surface area contributed by atoms with Crippen molar-refractivity contribution >= 4 is 11.9 Å². The second kappa shape index (κ2) is 5.67. The molecule has 4 heteroatoms. The number of hydrogen-bond donors (Lipinski definition) is 2. The van der Waals surface area contributed by atoms with Crippen LogP contribution < -0.4 is 5.32 Å². The van der Waals surface area contributed by atoms with Gasteiger partial charge in [-0.1, -0.05) is 24.3 Å². The number of carboxylic acid groups (broad SMARTS) is 1. The van der Waals surface area contributed by atoms with E-state index >= 15 is 0 Å². The predicted molar refractivity (Wildman–Crippen MR) is 69.1 cm³/mol. The summed E-state index contributed by atoms with van der Waals surface area (Å²) in [7, 11) is 0. The summed E-state index contributed by atoms with van der Waals surface area (Å²) in [5.41, 5.74) is 1.22. The summed E-state index contributed by atoms with van der Waals surface area (Å²) in [5, 5.41) is 11.8. The Hall–Kier alpha value is -1.84. The number of rotatable bonds is 5. The van der Waals surface area contributed by atoms with Gasteiger partial charge in [-0.3, -0.25) is 9.59 Å². The van der Waals surface area contributed by atoms with E-state index in [1.807, 2.05) is 24.3 Å². The van der Waals surface area contributed by atoms with Gasteiger partial charge in [0.15, 0.2) is 0 Å². The van der Waals surface area contributed by atoms with Gasteiger partial charge in [0.1, 0.15) is 0 Å². The van der Waals surface area contributed by atoms with Crippen molar-refractivity contribution in [3.05, 3.63) is 35.4 Å². The molecule has 0 heterocycles. The summed E-state index contributed by atoms with van der Waals surface area (Å²) < 4.78 is 0. The first kappa shape index (κ1) is 14.2. The average molecular weight is 249 g/mol. The molecule has 1 rings (SSSR count). The van der Waals surface area contributed by atoms with Gasteiger partial charge in [-0.25, -0.2) is 0 Å². The van der Waals surface area contributed by atoms with Gasteiger partial charge in [0, 0.05) is 13.5 Å². The summed E-state index contributed by atoms with van der Waals surface area (Å²) in [6.45, 7) is 5.39. The zero-order chi connectivity index (χ0) is 13.8. The van der Waals surface area contributed by atoms with Crippen molar-refractivity contribution in [1.82, 2.24) is 5.32 Å². The summed E-state index contributed by atoms with van der Waals surface area (Å²) >= 11 is 0. The van der Waals surface area contributed by atoms with Crippen molar-refractivity contribution in [2.24, 2.45) is 5.41 Å². The zero-order valence-electron chi connectivity index (χ0n) is 11.0. The molecule has 1 aromatic carbocycles. The molecule has 2 N–H and O–H groups in total. The Kier molecular flexibility index (Phi) is 4.48. The number of amides is 1. The fourth-order valence-electron chi connectivity index (χ4n) is 1.59. The van der Waals surface area contributed by atoms with Crippen LogP contribution in [-0.4, -0.2) is 17.0 Å². The van der Waals surface area contributed by atoms with Crippen molar-refractivity contribution < 1.29 is 14.7 Å². The van der Waals surface area contributed by atoms with Crippen LogP contribution in [0.5, 0.6) is 0 Å². The van der Waals surface area contributed by atoms with E-state index in [4.69, 9.17) is 5.11 Å². The molecule has 0 atom stereocenters. The third-order valence-corrected chi connectivity index (χ3v) is 2.79. The third kappa shape index (κ3) is 4.20. The highest BCUT2D eigenvalue weighted by Gasteiger charge is 2.27. The number of nitrogens with one attached hydrogen (secondary N) is 1. The maximum absolute atomic E-state index is 11.0. The lowest BCUT2D eigenvalue weighted by Crippen LogP contribution is -2.26. The van der Waals surface area contributed by atoms with Crippen molar-refractivity contribution in [1.29, 1.82) is 0 Å². The van der Waals surface area contributed by atoms with Crippen LogP contribution in [0, 0.1) is 5.41 Å². The molecule has 4 nitrogen and oxygen atoms in total. The molecule has 0 aliphatic rings. The monoisotopic (exact) mass is 249 g/mol. The number of carbonyl (C=O) groups is 2. The Bertz CT molecular complexity index is 435. The molecule has 0 saturated heterocycles. The minimum atomic E-state index is -0.801. The molecule has 0 saturated carbocycles. The van der Waals surface area contributed by atoms with E-state index in [0.717, 1.165) is 11.1 Å². The topological polar surface area (TPSA) is 66.4 Å². The molecule has 0 aliphatic carbocycles. The number of aliphatic carboxylic acids is 1. The van der Waals surface area contributed by atoms with Crippen LogP contribution >= 0.6 is 0 Å². The molecule has 0 bridgehead atoms. The van der Waals surface area contributed by atoms with Crippen molar-refractivity contribution in [3.8, 4) is 0 Å². The first-order chi connectivity index (χ1) is 8.31. The second-order valence-electron chi connectivity index (χ2n) is 5.09. The van der Waals surface area contributed by atoms with Crippen LogP contribution in [0.4, 0.5) is 0 Å². The Morgan fingerprint density at radius 3 is 2.11 bits per heavy atom. The van der Waals surface area contributed by atoms with Crippen LogP contribution in [0.1, 0.15) is 31.9 Å². The molecule has 0 fully saturated rings. The molecule has 0 radical (unpaired) electrons. The second-order valence-corrected chi connectivity index (χ2v) is 5.09. The number of carboxylic acids is 1. The Balaban J connectivity index is 2.66. The van der Waals surface area contributed by atoms with Gasteiger partial charge in [-0.05, 0) is 31.4 Å². The van der Waals surface area contributed by atoms with Gasteiger partial charge < -0.3 is 10.4 Å². The molecule has 0 unspecified atom stereocenters. The molecule has 0 spiro atoms. The first-order valence-corrected chi connectivity index (χ1v) is 5.87. The predicted octanol–water partition coefficient (Wildman–Crippen LogP) is 1.98. The van der Waals surface area contributed by atoms with Crippen molar-refractivity contribution in [2.45, 2.75) is 33.7 Å².